The van der Waals surface area contributed by atoms with Crippen LogP contribution in [0.25, 0.3) is 17.2 Å². The molecule has 0 unspecified atom stereocenters. The molecule has 0 atom stereocenters. The van der Waals surface area contributed by atoms with Crippen molar-refractivity contribution >= 4 is 74.3 Å². The van der Waals surface area contributed by atoms with E-state index in [2.05, 4.69) is 6.58 Å². The number of hydrogen-bond donors (Lipinski definition) is 12. The van der Waals surface area contributed by atoms with Crippen molar-refractivity contribution in [3.05, 3.63) is 23.8 Å². The monoisotopic (exact) mass is 481 g/mol. The molecule has 24 N–H and O–H groups in total. The summed E-state index contributed by atoms with van der Waals surface area (Å²) in [6.07, 6.45) is 1.41. The lowest BCUT2D eigenvalue weighted by Gasteiger charge is -2.27. The van der Waals surface area contributed by atoms with Crippen LogP contribution in [0.3, 0.4) is 0 Å². The van der Waals surface area contributed by atoms with E-state index in [1.54, 1.807) is 6.92 Å². The van der Waals surface area contributed by atoms with E-state index in [0.29, 0.717) is 22.3 Å². The zero-order chi connectivity index (χ0) is 26.5. The first kappa shape index (κ1) is 24.4. The SMILES string of the molecule is C=Cc1c(N)c(N)c(ON(N)c2c(N)c(N)cc(-c3c(C)c(N)c(N)c(N)c3N)c2N)c(N)c1N. The predicted octanol–water partition coefficient (Wildman–Crippen LogP) is 0.383. The lowest BCUT2D eigenvalue weighted by Crippen LogP contribution is -2.36. The van der Waals surface area contributed by atoms with Crippen LogP contribution in [0.5, 0.6) is 5.75 Å². The van der Waals surface area contributed by atoms with E-state index in [9.17, 15) is 0 Å². The molecule has 3 aromatic rings. The van der Waals surface area contributed by atoms with E-state index in [1.807, 2.05) is 0 Å². The molecule has 0 heterocycles. The van der Waals surface area contributed by atoms with Crippen LogP contribution < -0.4 is 78.9 Å². The van der Waals surface area contributed by atoms with Gasteiger partial charge in [-0.3, -0.25) is 0 Å². The van der Waals surface area contributed by atoms with Crippen LogP contribution in [0.1, 0.15) is 11.1 Å². The maximum atomic E-state index is 6.47. The van der Waals surface area contributed by atoms with Crippen LogP contribution in [-0.4, -0.2) is 0 Å². The molecule has 0 saturated heterocycles. The summed E-state index contributed by atoms with van der Waals surface area (Å²) < 4.78 is 0. The molecular weight excluding hydrogens is 450 g/mol. The predicted molar refractivity (Wildman–Crippen MR) is 149 cm³/mol. The molecule has 3 rings (SSSR count). The molecule has 0 aliphatic carbocycles. The Morgan fingerprint density at radius 2 is 1.20 bits per heavy atom. The number of nitrogens with zero attached hydrogens (tertiary/aromatic N) is 1. The molecule has 0 aliphatic rings. The number of nitrogen functional groups attached to an aromatic ring is 11. The first-order valence-electron chi connectivity index (χ1n) is 10.1. The summed E-state index contributed by atoms with van der Waals surface area (Å²) >= 11 is 0. The molecule has 0 fully saturated rings. The average Bonchev–Trinajstić information content (AvgIpc) is 2.81. The summed E-state index contributed by atoms with van der Waals surface area (Å²) in [5.74, 6) is 6.08. The Labute approximate surface area is 201 Å². The second-order valence-electron chi connectivity index (χ2n) is 7.86. The molecule has 0 aliphatic heterocycles. The summed E-state index contributed by atoms with van der Waals surface area (Å²) in [6.45, 7) is 5.35. The topological polar surface area (TPSA) is 325 Å². The van der Waals surface area contributed by atoms with Gasteiger partial charge in [0.2, 0.25) is 5.75 Å². The number of hydrogen-bond acceptors (Lipinski definition) is 14. The molecule has 0 aromatic heterocycles. The number of hydrazine groups is 1. The molecule has 0 bridgehead atoms. The minimum atomic E-state index is -0.118. The molecule has 14 nitrogen and oxygen atoms in total. The van der Waals surface area contributed by atoms with Crippen molar-refractivity contribution in [1.82, 2.24) is 0 Å². The van der Waals surface area contributed by atoms with Gasteiger partial charge in [0.15, 0.2) is 0 Å². The Balaban J connectivity index is 2.24. The van der Waals surface area contributed by atoms with Crippen LogP contribution in [0.2, 0.25) is 0 Å². The van der Waals surface area contributed by atoms with Crippen LogP contribution in [-0.2, 0) is 0 Å². The largest absolute Gasteiger partial charge is 0.397 e. The quantitative estimate of drug-likeness (QED) is 0.133. The van der Waals surface area contributed by atoms with Gasteiger partial charge in [0.05, 0.1) is 51.2 Å². The lowest BCUT2D eigenvalue weighted by atomic mass is 9.92. The molecule has 3 aromatic carbocycles. The second-order valence-corrected chi connectivity index (χ2v) is 7.86. The lowest BCUT2D eigenvalue weighted by molar-refractivity contribution is 0.287. The number of nitrogens with two attached hydrogens (primary N) is 12. The maximum absolute atomic E-state index is 6.47. The van der Waals surface area contributed by atoms with Gasteiger partial charge in [-0.1, -0.05) is 12.7 Å². The molecule has 0 spiro atoms. The van der Waals surface area contributed by atoms with E-state index < -0.39 is 0 Å². The van der Waals surface area contributed by atoms with Gasteiger partial charge in [-0.15, -0.1) is 5.17 Å². The molecule has 0 saturated carbocycles. The van der Waals surface area contributed by atoms with Gasteiger partial charge in [0, 0.05) is 16.7 Å². The Kier molecular flexibility index (Phi) is 5.77. The van der Waals surface area contributed by atoms with Gasteiger partial charge in [0.25, 0.3) is 0 Å². The summed E-state index contributed by atoms with van der Waals surface area (Å²) in [6, 6.07) is 1.51. The third kappa shape index (κ3) is 3.50. The van der Waals surface area contributed by atoms with Crippen molar-refractivity contribution in [2.45, 2.75) is 6.92 Å². The third-order valence-corrected chi connectivity index (χ3v) is 5.86. The highest BCUT2D eigenvalue weighted by Gasteiger charge is 2.26. The number of rotatable bonds is 5. The summed E-state index contributed by atoms with van der Waals surface area (Å²) in [4.78, 5) is 5.71. The highest BCUT2D eigenvalue weighted by molar-refractivity contribution is 6.06. The molecule has 186 valence electrons. The van der Waals surface area contributed by atoms with E-state index in [-0.39, 0.29) is 74.0 Å². The Hall–Kier alpha value is -5.24. The van der Waals surface area contributed by atoms with E-state index in [4.69, 9.17) is 73.8 Å². The minimum absolute atomic E-state index is 0.00200. The van der Waals surface area contributed by atoms with Crippen LogP contribution in [0, 0.1) is 6.92 Å². The van der Waals surface area contributed by atoms with E-state index in [0.717, 1.165) is 5.17 Å². The molecular formula is C21H31N13O. The highest BCUT2D eigenvalue weighted by Crippen LogP contribution is 2.49. The van der Waals surface area contributed by atoms with Crippen molar-refractivity contribution in [3.8, 4) is 16.9 Å². The minimum Gasteiger partial charge on any atom is -0.397 e. The van der Waals surface area contributed by atoms with E-state index >= 15 is 0 Å². The summed E-state index contributed by atoms with van der Waals surface area (Å²) in [5, 5.41) is 0.745. The van der Waals surface area contributed by atoms with Crippen molar-refractivity contribution in [2.75, 3.05) is 68.2 Å². The average molecular weight is 482 g/mol. The van der Waals surface area contributed by atoms with Crippen LogP contribution >= 0.6 is 0 Å². The summed E-state index contributed by atoms with van der Waals surface area (Å²) in [7, 11) is 0. The standard InChI is InChI=1S/C21H31N13O/c1-3-6-11(24)18(31)21(19(32)12(6)25)35-34(33)20-13(26)7(4-8(22)14(20)27)9-5(2)10(23)16(29)17(30)15(9)28/h3-4H,1,22-33H2,2H3. The Bertz CT molecular complexity index is 1330. The number of benzene rings is 3. The maximum Gasteiger partial charge on any atom is 0.207 e. The van der Waals surface area contributed by atoms with Crippen molar-refractivity contribution in [1.29, 1.82) is 0 Å². The molecule has 35 heavy (non-hydrogen) atoms. The molecule has 14 heteroatoms. The van der Waals surface area contributed by atoms with Gasteiger partial charge < -0.3 is 67.9 Å². The smallest absolute Gasteiger partial charge is 0.207 e. The summed E-state index contributed by atoms with van der Waals surface area (Å²) in [5.41, 5.74) is 70.0. The van der Waals surface area contributed by atoms with Gasteiger partial charge in [-0.2, -0.15) is 0 Å². The van der Waals surface area contributed by atoms with Crippen LogP contribution in [0.15, 0.2) is 12.6 Å². The fraction of sp³-hybridized carbons (Fsp3) is 0.0476. The highest BCUT2D eigenvalue weighted by atomic mass is 16.7. The Morgan fingerprint density at radius 1 is 0.686 bits per heavy atom. The van der Waals surface area contributed by atoms with Crippen LogP contribution in [0.4, 0.5) is 68.2 Å². The zero-order valence-electron chi connectivity index (χ0n) is 19.1. The van der Waals surface area contributed by atoms with Gasteiger partial charge in [-0.05, 0) is 18.6 Å². The number of anilines is 12. The molecule has 0 amide bonds. The van der Waals surface area contributed by atoms with Crippen molar-refractivity contribution in [3.63, 3.8) is 0 Å². The first-order valence-corrected chi connectivity index (χ1v) is 10.1. The first-order chi connectivity index (χ1) is 16.3. The van der Waals surface area contributed by atoms with Gasteiger partial charge in [0.1, 0.15) is 17.1 Å². The Morgan fingerprint density at radius 3 is 1.71 bits per heavy atom. The van der Waals surface area contributed by atoms with Crippen molar-refractivity contribution in [2.24, 2.45) is 5.84 Å². The fourth-order valence-corrected chi connectivity index (χ4v) is 3.76. The zero-order valence-corrected chi connectivity index (χ0v) is 19.1. The van der Waals surface area contributed by atoms with Gasteiger partial charge in [-0.25, -0.2) is 5.84 Å². The third-order valence-electron chi connectivity index (χ3n) is 5.86. The normalized spacial score (nSPS) is 10.8. The van der Waals surface area contributed by atoms with Crippen molar-refractivity contribution < 1.29 is 4.84 Å². The second kappa shape index (κ2) is 8.27. The molecule has 0 radical (unpaired) electrons. The van der Waals surface area contributed by atoms with Gasteiger partial charge >= 0.3 is 0 Å². The van der Waals surface area contributed by atoms with E-state index in [1.165, 1.54) is 12.1 Å². The fourth-order valence-electron chi connectivity index (χ4n) is 3.76.